The van der Waals surface area contributed by atoms with Crippen molar-refractivity contribution in [2.45, 2.75) is 26.2 Å². The van der Waals surface area contributed by atoms with E-state index in [1.807, 2.05) is 24.3 Å². The second-order valence-electron chi connectivity index (χ2n) is 7.64. The third kappa shape index (κ3) is 4.66. The predicted octanol–water partition coefficient (Wildman–Crippen LogP) is 4.54. The number of amides is 1. The first-order chi connectivity index (χ1) is 15.0. The summed E-state index contributed by atoms with van der Waals surface area (Å²) in [5, 5.41) is 3.52. The maximum atomic E-state index is 12.4. The van der Waals surface area contributed by atoms with Gasteiger partial charge in [-0.25, -0.2) is 4.79 Å². The van der Waals surface area contributed by atoms with E-state index >= 15 is 0 Å². The van der Waals surface area contributed by atoms with Crippen LogP contribution in [0.1, 0.15) is 35.4 Å². The quantitative estimate of drug-likeness (QED) is 0.588. The zero-order valence-corrected chi connectivity index (χ0v) is 17.8. The lowest BCUT2D eigenvalue weighted by Gasteiger charge is -2.28. The first-order valence-electron chi connectivity index (χ1n) is 10.4. The Bertz CT molecular complexity index is 1080. The number of hydrogen-bond donors (Lipinski definition) is 1. The number of carbonyl (C=O) groups is 2. The van der Waals surface area contributed by atoms with E-state index in [9.17, 15) is 9.59 Å². The highest BCUT2D eigenvalue weighted by Gasteiger charge is 2.20. The molecular weight excluding hydrogens is 396 g/mol. The zero-order chi connectivity index (χ0) is 21.8. The maximum Gasteiger partial charge on any atom is 0.375 e. The van der Waals surface area contributed by atoms with Crippen molar-refractivity contribution in [1.82, 2.24) is 0 Å². The Morgan fingerprint density at radius 1 is 1.06 bits per heavy atom. The van der Waals surface area contributed by atoms with E-state index in [-0.39, 0.29) is 5.76 Å². The number of carbonyl (C=O) groups excluding carboxylic acids is 2. The average Bonchev–Trinajstić information content (AvgIpc) is 3.14. The normalized spacial score (nSPS) is 13.8. The number of furan rings is 1. The fraction of sp³-hybridized carbons (Fsp3) is 0.333. The summed E-state index contributed by atoms with van der Waals surface area (Å²) >= 11 is 0. The summed E-state index contributed by atoms with van der Waals surface area (Å²) in [4.78, 5) is 27.0. The van der Waals surface area contributed by atoms with Crippen LogP contribution in [-0.2, 0) is 9.53 Å². The Kier molecular flexibility index (Phi) is 6.11. The zero-order valence-electron chi connectivity index (χ0n) is 17.8. The molecule has 1 amide bonds. The van der Waals surface area contributed by atoms with Crippen LogP contribution in [0.2, 0.25) is 0 Å². The monoisotopic (exact) mass is 422 g/mol. The highest BCUT2D eigenvalue weighted by Crippen LogP contribution is 2.29. The lowest BCUT2D eigenvalue weighted by Crippen LogP contribution is -2.29. The van der Waals surface area contributed by atoms with Crippen LogP contribution in [0.25, 0.3) is 11.0 Å². The lowest BCUT2D eigenvalue weighted by atomic mass is 10.1. The minimum atomic E-state index is -0.678. The van der Waals surface area contributed by atoms with Gasteiger partial charge in [0.1, 0.15) is 11.3 Å². The molecule has 1 aromatic heterocycles. The van der Waals surface area contributed by atoms with Gasteiger partial charge in [0.2, 0.25) is 5.76 Å². The lowest BCUT2D eigenvalue weighted by molar-refractivity contribution is -0.119. The number of methoxy groups -OCH3 is 1. The molecular formula is C24H26N2O5. The van der Waals surface area contributed by atoms with Crippen molar-refractivity contribution >= 4 is 34.2 Å². The van der Waals surface area contributed by atoms with Gasteiger partial charge in [0.05, 0.1) is 7.11 Å². The number of anilines is 2. The second-order valence-corrected chi connectivity index (χ2v) is 7.64. The summed E-state index contributed by atoms with van der Waals surface area (Å²) in [5.41, 5.74) is 3.02. The van der Waals surface area contributed by atoms with E-state index in [2.05, 4.69) is 10.2 Å². The molecule has 1 fully saturated rings. The van der Waals surface area contributed by atoms with Gasteiger partial charge in [-0.3, -0.25) is 4.79 Å². The minimum absolute atomic E-state index is 0.0851. The molecule has 4 rings (SSSR count). The van der Waals surface area contributed by atoms with Crippen LogP contribution in [0.4, 0.5) is 11.4 Å². The molecule has 162 valence electrons. The van der Waals surface area contributed by atoms with Crippen LogP contribution in [0, 0.1) is 6.92 Å². The summed E-state index contributed by atoms with van der Waals surface area (Å²) in [7, 11) is 1.57. The minimum Gasteiger partial charge on any atom is -0.497 e. The Hall–Kier alpha value is -3.48. The molecule has 0 spiro atoms. The third-order valence-electron chi connectivity index (χ3n) is 5.54. The molecule has 0 aliphatic carbocycles. The van der Waals surface area contributed by atoms with Gasteiger partial charge in [-0.2, -0.15) is 0 Å². The number of nitrogens with zero attached hydrogens (tertiary/aromatic N) is 1. The van der Waals surface area contributed by atoms with Gasteiger partial charge in [-0.1, -0.05) is 0 Å². The number of esters is 1. The Morgan fingerprint density at radius 2 is 1.81 bits per heavy atom. The first kappa shape index (κ1) is 20.8. The number of piperidine rings is 1. The molecule has 1 aliphatic heterocycles. The summed E-state index contributed by atoms with van der Waals surface area (Å²) in [6.07, 6.45) is 3.70. The maximum absolute atomic E-state index is 12.4. The number of aryl methyl sites for hydroxylation is 1. The van der Waals surface area contributed by atoms with E-state index in [4.69, 9.17) is 13.9 Å². The molecule has 1 N–H and O–H groups in total. The van der Waals surface area contributed by atoms with Crippen LogP contribution in [-0.4, -0.2) is 38.7 Å². The average molecular weight is 422 g/mol. The topological polar surface area (TPSA) is 81.0 Å². The fourth-order valence-corrected chi connectivity index (χ4v) is 3.82. The van der Waals surface area contributed by atoms with E-state index in [1.54, 1.807) is 32.2 Å². The number of fused-ring (bicyclic) bond motifs is 1. The number of ether oxygens (including phenoxy) is 2. The molecule has 2 heterocycles. The standard InChI is InChI=1S/C24H26N2O5/c1-16-20-14-19(29-2)10-11-21(20)31-23(16)24(28)30-15-22(27)25-17-6-8-18(9-7-17)26-12-4-3-5-13-26/h6-11,14H,3-5,12-13,15H2,1-2H3,(H,25,27). The third-order valence-corrected chi connectivity index (χ3v) is 5.54. The molecule has 0 unspecified atom stereocenters. The van der Waals surface area contributed by atoms with Gasteiger partial charge in [0.15, 0.2) is 6.61 Å². The second kappa shape index (κ2) is 9.12. The van der Waals surface area contributed by atoms with Gasteiger partial charge in [0, 0.05) is 35.4 Å². The highest BCUT2D eigenvalue weighted by molar-refractivity contribution is 5.98. The van der Waals surface area contributed by atoms with Crippen LogP contribution in [0.3, 0.4) is 0 Å². The van der Waals surface area contributed by atoms with Crippen molar-refractivity contribution in [3.8, 4) is 5.75 Å². The molecule has 3 aromatic rings. The Labute approximate surface area is 180 Å². The molecule has 1 aliphatic rings. The fourth-order valence-electron chi connectivity index (χ4n) is 3.82. The van der Waals surface area contributed by atoms with Crippen LogP contribution in [0.15, 0.2) is 46.9 Å². The Balaban J connectivity index is 1.34. The van der Waals surface area contributed by atoms with Crippen molar-refractivity contribution < 1.29 is 23.5 Å². The van der Waals surface area contributed by atoms with Crippen molar-refractivity contribution in [2.75, 3.05) is 37.0 Å². The van der Waals surface area contributed by atoms with Gasteiger partial charge in [-0.05, 0) is 68.7 Å². The van der Waals surface area contributed by atoms with Gasteiger partial charge < -0.3 is 24.1 Å². The van der Waals surface area contributed by atoms with Crippen molar-refractivity contribution in [1.29, 1.82) is 0 Å². The van der Waals surface area contributed by atoms with Crippen LogP contribution < -0.4 is 15.0 Å². The molecule has 0 radical (unpaired) electrons. The smallest absolute Gasteiger partial charge is 0.375 e. The van der Waals surface area contributed by atoms with Crippen LogP contribution >= 0.6 is 0 Å². The largest absolute Gasteiger partial charge is 0.497 e. The number of hydrogen-bond acceptors (Lipinski definition) is 6. The molecule has 7 nitrogen and oxygen atoms in total. The predicted molar refractivity (Wildman–Crippen MR) is 119 cm³/mol. The SMILES string of the molecule is COc1ccc2oc(C(=O)OCC(=O)Nc3ccc(N4CCCCC4)cc3)c(C)c2c1. The highest BCUT2D eigenvalue weighted by atomic mass is 16.5. The van der Waals surface area contributed by atoms with E-state index < -0.39 is 18.5 Å². The molecule has 0 atom stereocenters. The van der Waals surface area contributed by atoms with E-state index in [0.29, 0.717) is 22.6 Å². The molecule has 1 saturated heterocycles. The number of nitrogens with one attached hydrogen (secondary N) is 1. The summed E-state index contributed by atoms with van der Waals surface area (Å²) in [5.74, 6) is -0.332. The van der Waals surface area contributed by atoms with E-state index in [1.165, 1.54) is 19.3 Å². The van der Waals surface area contributed by atoms with Gasteiger partial charge >= 0.3 is 5.97 Å². The summed E-state index contributed by atoms with van der Waals surface area (Å²) in [6, 6.07) is 13.0. The van der Waals surface area contributed by atoms with Gasteiger partial charge in [0.25, 0.3) is 5.91 Å². The van der Waals surface area contributed by atoms with Crippen molar-refractivity contribution in [3.05, 3.63) is 53.8 Å². The Morgan fingerprint density at radius 3 is 2.52 bits per heavy atom. The molecule has 0 bridgehead atoms. The number of benzene rings is 2. The molecule has 2 aromatic carbocycles. The first-order valence-corrected chi connectivity index (χ1v) is 10.4. The molecule has 0 saturated carbocycles. The molecule has 31 heavy (non-hydrogen) atoms. The summed E-state index contributed by atoms with van der Waals surface area (Å²) < 4.78 is 16.0. The number of rotatable bonds is 6. The molecule has 7 heteroatoms. The van der Waals surface area contributed by atoms with E-state index in [0.717, 1.165) is 24.2 Å². The van der Waals surface area contributed by atoms with Crippen LogP contribution in [0.5, 0.6) is 5.75 Å². The van der Waals surface area contributed by atoms with Crippen molar-refractivity contribution in [3.63, 3.8) is 0 Å². The van der Waals surface area contributed by atoms with Crippen molar-refractivity contribution in [2.24, 2.45) is 0 Å². The summed E-state index contributed by atoms with van der Waals surface area (Å²) in [6.45, 7) is 3.50. The van der Waals surface area contributed by atoms with Gasteiger partial charge in [-0.15, -0.1) is 0 Å².